The van der Waals surface area contributed by atoms with Gasteiger partial charge in [-0.1, -0.05) is 28.9 Å². The van der Waals surface area contributed by atoms with Gasteiger partial charge < -0.3 is 4.74 Å². The van der Waals surface area contributed by atoms with Crippen molar-refractivity contribution >= 4 is 31.9 Å². The molecular weight excluding hydrogens is 334 g/mol. The average molecular weight is 350 g/mol. The van der Waals surface area contributed by atoms with Gasteiger partial charge in [-0.3, -0.25) is 4.79 Å². The van der Waals surface area contributed by atoms with Gasteiger partial charge in [0.1, 0.15) is 6.54 Å². The number of hydrogen-bond donors (Lipinski definition) is 0. The summed E-state index contributed by atoms with van der Waals surface area (Å²) in [6.45, 7) is 3.30. The molecular formula is C12H16BrNO4S. The van der Waals surface area contributed by atoms with Crippen LogP contribution in [-0.2, 0) is 19.6 Å². The van der Waals surface area contributed by atoms with E-state index in [4.69, 9.17) is 0 Å². The number of nitrogens with zero attached hydrogens (tertiary/aromatic N) is 1. The first kappa shape index (κ1) is 16.1. The van der Waals surface area contributed by atoms with Crippen molar-refractivity contribution < 1.29 is 17.9 Å². The van der Waals surface area contributed by atoms with Gasteiger partial charge in [0.15, 0.2) is 0 Å². The van der Waals surface area contributed by atoms with Gasteiger partial charge in [-0.25, -0.2) is 8.42 Å². The lowest BCUT2D eigenvalue weighted by atomic mass is 10.2. The van der Waals surface area contributed by atoms with E-state index in [9.17, 15) is 13.2 Å². The smallest absolute Gasteiger partial charge is 0.321 e. The van der Waals surface area contributed by atoms with Crippen LogP contribution in [0.5, 0.6) is 0 Å². The number of sulfonamides is 1. The van der Waals surface area contributed by atoms with Crippen molar-refractivity contribution in [2.24, 2.45) is 0 Å². The molecule has 0 radical (unpaired) electrons. The molecule has 0 saturated heterocycles. The average Bonchev–Trinajstić information content (AvgIpc) is 2.37. The van der Waals surface area contributed by atoms with Crippen molar-refractivity contribution in [3.8, 4) is 0 Å². The number of aryl methyl sites for hydroxylation is 1. The molecule has 0 heterocycles. The van der Waals surface area contributed by atoms with Gasteiger partial charge >= 0.3 is 5.97 Å². The van der Waals surface area contributed by atoms with Gasteiger partial charge in [-0.15, -0.1) is 0 Å². The molecule has 5 nitrogen and oxygen atoms in total. The Labute approximate surface area is 121 Å². The molecule has 7 heteroatoms. The van der Waals surface area contributed by atoms with Crippen LogP contribution < -0.4 is 0 Å². The normalized spacial score (nSPS) is 11.6. The highest BCUT2D eigenvalue weighted by molar-refractivity contribution is 9.10. The molecule has 0 N–H and O–H groups in total. The minimum absolute atomic E-state index is 0.188. The Morgan fingerprint density at radius 1 is 1.42 bits per heavy atom. The molecule has 0 saturated carbocycles. The second-order valence-electron chi connectivity index (χ2n) is 3.92. The highest BCUT2D eigenvalue weighted by Gasteiger charge is 2.27. The number of carbonyl (C=O) groups excluding carboxylic acids is 1. The summed E-state index contributed by atoms with van der Waals surface area (Å²) in [6, 6.07) is 5.01. The Hall–Kier alpha value is -0.920. The minimum atomic E-state index is -3.71. The first-order valence-corrected chi connectivity index (χ1v) is 7.89. The highest BCUT2D eigenvalue weighted by atomic mass is 79.9. The molecule has 0 aromatic heterocycles. The Bertz CT molecular complexity index is 571. The van der Waals surface area contributed by atoms with Crippen molar-refractivity contribution in [2.45, 2.75) is 18.7 Å². The molecule has 1 rings (SSSR count). The van der Waals surface area contributed by atoms with E-state index in [0.29, 0.717) is 10.0 Å². The van der Waals surface area contributed by atoms with E-state index in [2.05, 4.69) is 20.7 Å². The predicted molar refractivity (Wildman–Crippen MR) is 75.3 cm³/mol. The molecule has 0 aliphatic heterocycles. The number of esters is 1. The predicted octanol–water partition coefficient (Wildman–Crippen LogP) is 1.94. The molecule has 0 aliphatic rings. The molecule has 1 aromatic carbocycles. The molecule has 0 atom stereocenters. The summed E-state index contributed by atoms with van der Waals surface area (Å²) in [5.41, 5.74) is 0.631. The molecule has 0 spiro atoms. The van der Waals surface area contributed by atoms with Gasteiger partial charge in [0.05, 0.1) is 12.0 Å². The van der Waals surface area contributed by atoms with Gasteiger partial charge in [-0.05, 0) is 24.6 Å². The Morgan fingerprint density at radius 3 is 2.58 bits per heavy atom. The van der Waals surface area contributed by atoms with Crippen LogP contribution in [0.15, 0.2) is 27.6 Å². The van der Waals surface area contributed by atoms with Crippen molar-refractivity contribution in [1.29, 1.82) is 0 Å². The fourth-order valence-electron chi connectivity index (χ4n) is 1.57. The maximum atomic E-state index is 12.5. The number of halogens is 1. The Morgan fingerprint density at radius 2 is 2.05 bits per heavy atom. The summed E-state index contributed by atoms with van der Waals surface area (Å²) < 4.78 is 31.2. The summed E-state index contributed by atoms with van der Waals surface area (Å²) in [7, 11) is -2.48. The summed E-state index contributed by atoms with van der Waals surface area (Å²) in [5.74, 6) is -0.585. The van der Waals surface area contributed by atoms with Crippen LogP contribution in [0.2, 0.25) is 0 Å². The van der Waals surface area contributed by atoms with Crippen LogP contribution in [0.25, 0.3) is 0 Å². The van der Waals surface area contributed by atoms with Crippen LogP contribution in [0.4, 0.5) is 0 Å². The second kappa shape index (κ2) is 6.49. The summed E-state index contributed by atoms with van der Waals surface area (Å²) >= 11 is 3.25. The number of rotatable bonds is 5. The zero-order valence-corrected chi connectivity index (χ0v) is 13.4. The molecule has 106 valence electrons. The van der Waals surface area contributed by atoms with Crippen LogP contribution >= 0.6 is 15.9 Å². The van der Waals surface area contributed by atoms with Crippen molar-refractivity contribution in [1.82, 2.24) is 4.31 Å². The zero-order chi connectivity index (χ0) is 14.6. The highest BCUT2D eigenvalue weighted by Crippen LogP contribution is 2.23. The summed E-state index contributed by atoms with van der Waals surface area (Å²) in [5, 5.41) is 0. The largest absolute Gasteiger partial charge is 0.468 e. The van der Waals surface area contributed by atoms with Crippen molar-refractivity contribution in [2.75, 3.05) is 20.2 Å². The van der Waals surface area contributed by atoms with E-state index in [1.54, 1.807) is 26.0 Å². The number of methoxy groups -OCH3 is 1. The van der Waals surface area contributed by atoms with Gasteiger partial charge in [-0.2, -0.15) is 4.31 Å². The fourth-order valence-corrected chi connectivity index (χ4v) is 3.72. The van der Waals surface area contributed by atoms with Crippen LogP contribution in [0.3, 0.4) is 0 Å². The fraction of sp³-hybridized carbons (Fsp3) is 0.417. The van der Waals surface area contributed by atoms with Gasteiger partial charge in [0.25, 0.3) is 0 Å². The van der Waals surface area contributed by atoms with Crippen LogP contribution in [-0.4, -0.2) is 38.9 Å². The number of ether oxygens (including phenoxy) is 1. The van der Waals surface area contributed by atoms with E-state index in [1.165, 1.54) is 13.2 Å². The number of likely N-dealkylation sites (N-methyl/N-ethyl adjacent to an activating group) is 1. The quantitative estimate of drug-likeness (QED) is 0.762. The lowest BCUT2D eigenvalue weighted by molar-refractivity contribution is -0.140. The van der Waals surface area contributed by atoms with Crippen molar-refractivity contribution in [3.05, 3.63) is 28.2 Å². The first-order valence-electron chi connectivity index (χ1n) is 5.66. The SMILES string of the molecule is CCN(CC(=O)OC)S(=O)(=O)c1cc(Br)ccc1C. The minimum Gasteiger partial charge on any atom is -0.468 e. The Kier molecular flexibility index (Phi) is 5.51. The standard InChI is InChI=1S/C12H16BrNO4S/c1-4-14(8-12(15)18-3)19(16,17)11-7-10(13)6-5-9(11)2/h5-7H,4,8H2,1-3H3. The van der Waals surface area contributed by atoms with E-state index >= 15 is 0 Å². The van der Waals surface area contributed by atoms with E-state index in [-0.39, 0.29) is 18.0 Å². The van der Waals surface area contributed by atoms with Crippen molar-refractivity contribution in [3.63, 3.8) is 0 Å². The van der Waals surface area contributed by atoms with E-state index in [0.717, 1.165) is 4.31 Å². The van der Waals surface area contributed by atoms with Crippen LogP contribution in [0.1, 0.15) is 12.5 Å². The third-order valence-electron chi connectivity index (χ3n) is 2.65. The monoisotopic (exact) mass is 349 g/mol. The van der Waals surface area contributed by atoms with Gasteiger partial charge in [0.2, 0.25) is 10.0 Å². The molecule has 0 bridgehead atoms. The second-order valence-corrected chi connectivity index (χ2v) is 6.74. The third kappa shape index (κ3) is 3.77. The molecule has 0 amide bonds. The third-order valence-corrected chi connectivity index (χ3v) is 5.21. The van der Waals surface area contributed by atoms with E-state index < -0.39 is 16.0 Å². The lowest BCUT2D eigenvalue weighted by Crippen LogP contribution is -2.36. The molecule has 0 aliphatic carbocycles. The number of benzene rings is 1. The molecule has 0 unspecified atom stereocenters. The lowest BCUT2D eigenvalue weighted by Gasteiger charge is -2.20. The summed E-state index contributed by atoms with van der Waals surface area (Å²) in [6.07, 6.45) is 0. The Balaban J connectivity index is 3.20. The number of hydrogen-bond acceptors (Lipinski definition) is 4. The van der Waals surface area contributed by atoms with Crippen LogP contribution in [0, 0.1) is 6.92 Å². The topological polar surface area (TPSA) is 63.7 Å². The molecule has 0 fully saturated rings. The number of carbonyl (C=O) groups is 1. The maximum absolute atomic E-state index is 12.5. The zero-order valence-electron chi connectivity index (χ0n) is 11.0. The molecule has 1 aromatic rings. The first-order chi connectivity index (χ1) is 8.82. The maximum Gasteiger partial charge on any atom is 0.321 e. The van der Waals surface area contributed by atoms with Gasteiger partial charge in [0, 0.05) is 11.0 Å². The molecule has 19 heavy (non-hydrogen) atoms. The van der Waals surface area contributed by atoms with E-state index in [1.807, 2.05) is 0 Å². The summed E-state index contributed by atoms with van der Waals surface area (Å²) in [4.78, 5) is 11.5.